The Bertz CT molecular complexity index is 1260. The minimum atomic E-state index is -5.61. The molecule has 0 aliphatic carbocycles. The van der Waals surface area contributed by atoms with Gasteiger partial charge in [0.2, 0.25) is 0 Å². The average molecular weight is 538 g/mol. The van der Waals surface area contributed by atoms with E-state index < -0.39 is 38.2 Å². The van der Waals surface area contributed by atoms with Crippen molar-refractivity contribution in [2.24, 2.45) is 0 Å². The van der Waals surface area contributed by atoms with E-state index in [4.69, 9.17) is 18.8 Å². The standard InChI is InChI=1S/C26H26F2O6S2/c1-19(26(27,28)36(29,30)31)34-21-11-15-24(16-12-21)35(22-7-4-3-5-8-22)23-13-9-20(10-14-23)25(2)32-17-6-18-33-25/h3-5,7-16,19H,6,17-18H2,1-2H3/p+1. The second-order valence-corrected chi connectivity index (χ2v) is 11.9. The van der Waals surface area contributed by atoms with Crippen LogP contribution in [0, 0.1) is 0 Å². The molecule has 3 aromatic rings. The molecule has 1 saturated heterocycles. The Hall–Kier alpha value is -2.50. The van der Waals surface area contributed by atoms with Crippen LogP contribution in [-0.2, 0) is 36.3 Å². The Morgan fingerprint density at radius 2 is 1.42 bits per heavy atom. The van der Waals surface area contributed by atoms with Crippen LogP contribution in [0.3, 0.4) is 0 Å². The van der Waals surface area contributed by atoms with E-state index in [1.165, 1.54) is 12.1 Å². The van der Waals surface area contributed by atoms with Gasteiger partial charge < -0.3 is 14.2 Å². The predicted molar refractivity (Wildman–Crippen MR) is 132 cm³/mol. The highest BCUT2D eigenvalue weighted by molar-refractivity contribution is 7.97. The highest BCUT2D eigenvalue weighted by Gasteiger charge is 2.51. The largest absolute Gasteiger partial charge is 0.483 e. The first kappa shape index (κ1) is 26.6. The van der Waals surface area contributed by atoms with Gasteiger partial charge in [0.1, 0.15) is 5.75 Å². The fourth-order valence-electron chi connectivity index (χ4n) is 3.80. The molecule has 192 valence electrons. The van der Waals surface area contributed by atoms with Crippen molar-refractivity contribution in [1.29, 1.82) is 0 Å². The lowest BCUT2D eigenvalue weighted by atomic mass is 10.1. The molecule has 3 aromatic carbocycles. The van der Waals surface area contributed by atoms with Crippen molar-refractivity contribution in [2.75, 3.05) is 13.2 Å². The van der Waals surface area contributed by atoms with Gasteiger partial charge in [0.15, 0.2) is 26.6 Å². The average Bonchev–Trinajstić information content (AvgIpc) is 2.86. The van der Waals surface area contributed by atoms with E-state index in [1.54, 1.807) is 12.1 Å². The molecular formula is C26H27F2O6S2+. The quantitative estimate of drug-likeness (QED) is 0.296. The topological polar surface area (TPSA) is 82.1 Å². The first-order chi connectivity index (χ1) is 17.0. The molecule has 36 heavy (non-hydrogen) atoms. The summed E-state index contributed by atoms with van der Waals surface area (Å²) in [7, 11) is -6.12. The van der Waals surface area contributed by atoms with Crippen LogP contribution in [0.2, 0.25) is 0 Å². The summed E-state index contributed by atoms with van der Waals surface area (Å²) >= 11 is 0. The molecule has 1 fully saturated rings. The highest BCUT2D eigenvalue weighted by Crippen LogP contribution is 2.36. The number of benzene rings is 3. The molecule has 10 heteroatoms. The van der Waals surface area contributed by atoms with Crippen LogP contribution in [0.25, 0.3) is 0 Å². The summed E-state index contributed by atoms with van der Waals surface area (Å²) in [6.45, 7) is 4.06. The van der Waals surface area contributed by atoms with Crippen LogP contribution >= 0.6 is 0 Å². The van der Waals surface area contributed by atoms with Gasteiger partial charge in [-0.25, -0.2) is 0 Å². The Morgan fingerprint density at radius 3 is 1.94 bits per heavy atom. The van der Waals surface area contributed by atoms with Gasteiger partial charge in [-0.3, -0.25) is 4.55 Å². The Kier molecular flexibility index (Phi) is 7.72. The van der Waals surface area contributed by atoms with Gasteiger partial charge in [-0.2, -0.15) is 17.2 Å². The van der Waals surface area contributed by atoms with Gasteiger partial charge in [-0.15, -0.1) is 0 Å². The minimum absolute atomic E-state index is 0.0565. The number of halogens is 2. The zero-order chi connectivity index (χ0) is 26.0. The van der Waals surface area contributed by atoms with Gasteiger partial charge in [0, 0.05) is 5.56 Å². The fraction of sp³-hybridized carbons (Fsp3) is 0.308. The zero-order valence-corrected chi connectivity index (χ0v) is 21.4. The monoisotopic (exact) mass is 537 g/mol. The maximum absolute atomic E-state index is 13.9. The van der Waals surface area contributed by atoms with Crippen LogP contribution in [0.4, 0.5) is 8.78 Å². The van der Waals surface area contributed by atoms with Crippen LogP contribution in [-0.4, -0.2) is 37.5 Å². The molecule has 0 spiro atoms. The Labute approximate surface area is 212 Å². The van der Waals surface area contributed by atoms with Crippen molar-refractivity contribution in [3.63, 3.8) is 0 Å². The van der Waals surface area contributed by atoms with Crippen molar-refractivity contribution < 1.29 is 36.0 Å². The van der Waals surface area contributed by atoms with Crippen LogP contribution in [0.1, 0.15) is 25.8 Å². The summed E-state index contributed by atoms with van der Waals surface area (Å²) in [6, 6.07) is 24.4. The highest BCUT2D eigenvalue weighted by atomic mass is 32.2. The van der Waals surface area contributed by atoms with E-state index in [0.717, 1.165) is 33.6 Å². The summed E-state index contributed by atoms with van der Waals surface area (Å²) in [5, 5.41) is -4.44. The molecule has 0 bridgehead atoms. The molecule has 2 atom stereocenters. The summed E-state index contributed by atoms with van der Waals surface area (Å²) in [4.78, 5) is 3.00. The molecule has 0 amide bonds. The molecule has 1 N–H and O–H groups in total. The smallest absolute Gasteiger partial charge is 0.405 e. The van der Waals surface area contributed by atoms with Gasteiger partial charge in [-0.1, -0.05) is 18.2 Å². The number of hydrogen-bond donors (Lipinski definition) is 1. The summed E-state index contributed by atoms with van der Waals surface area (Å²) in [6.07, 6.45) is -1.22. The molecule has 0 aromatic heterocycles. The molecule has 4 rings (SSSR count). The second-order valence-electron chi connectivity index (χ2n) is 8.41. The molecule has 1 aliphatic rings. The number of hydrogen-bond acceptors (Lipinski definition) is 5. The first-order valence-corrected chi connectivity index (χ1v) is 14.0. The Morgan fingerprint density at radius 1 is 0.917 bits per heavy atom. The van der Waals surface area contributed by atoms with E-state index >= 15 is 0 Å². The van der Waals surface area contributed by atoms with E-state index in [-0.39, 0.29) is 5.75 Å². The van der Waals surface area contributed by atoms with Gasteiger partial charge in [-0.05, 0) is 80.9 Å². The zero-order valence-electron chi connectivity index (χ0n) is 19.8. The summed E-state index contributed by atoms with van der Waals surface area (Å²) in [5.41, 5.74) is 0.917. The lowest BCUT2D eigenvalue weighted by molar-refractivity contribution is -0.264. The third-order valence-electron chi connectivity index (χ3n) is 5.83. The van der Waals surface area contributed by atoms with E-state index in [2.05, 4.69) is 0 Å². The summed E-state index contributed by atoms with van der Waals surface area (Å²) < 4.78 is 75.4. The van der Waals surface area contributed by atoms with Gasteiger partial charge in [0.05, 0.1) is 24.1 Å². The molecule has 1 aliphatic heterocycles. The molecule has 0 saturated carbocycles. The third-order valence-corrected chi connectivity index (χ3v) is 9.08. The minimum Gasteiger partial charge on any atom is -0.483 e. The Balaban J connectivity index is 1.62. The van der Waals surface area contributed by atoms with Crippen molar-refractivity contribution in [3.8, 4) is 5.75 Å². The number of alkyl halides is 2. The normalized spacial score (nSPS) is 17.8. The van der Waals surface area contributed by atoms with Crippen molar-refractivity contribution in [1.82, 2.24) is 0 Å². The van der Waals surface area contributed by atoms with Crippen LogP contribution < -0.4 is 4.74 Å². The van der Waals surface area contributed by atoms with Crippen molar-refractivity contribution in [3.05, 3.63) is 84.4 Å². The van der Waals surface area contributed by atoms with Crippen molar-refractivity contribution in [2.45, 2.75) is 52.1 Å². The van der Waals surface area contributed by atoms with Crippen LogP contribution in [0.15, 0.2) is 93.5 Å². The SMILES string of the molecule is CC(Oc1ccc([S+](c2ccccc2)c2ccc(C3(C)OCCCO3)cc2)cc1)C(F)(F)S(=O)(=O)O. The van der Waals surface area contributed by atoms with E-state index in [9.17, 15) is 17.2 Å². The van der Waals surface area contributed by atoms with E-state index in [0.29, 0.717) is 13.2 Å². The molecule has 6 nitrogen and oxygen atoms in total. The third kappa shape index (κ3) is 5.57. The van der Waals surface area contributed by atoms with Crippen LogP contribution in [0.5, 0.6) is 5.75 Å². The fourth-order valence-corrected chi connectivity index (χ4v) is 6.33. The molecular weight excluding hydrogens is 510 g/mol. The maximum Gasteiger partial charge on any atom is 0.405 e. The summed E-state index contributed by atoms with van der Waals surface area (Å²) in [5.74, 6) is -0.733. The predicted octanol–water partition coefficient (Wildman–Crippen LogP) is 5.64. The number of ether oxygens (including phenoxy) is 3. The lowest BCUT2D eigenvalue weighted by Crippen LogP contribution is -2.42. The van der Waals surface area contributed by atoms with Gasteiger partial charge in [0.25, 0.3) is 0 Å². The second kappa shape index (κ2) is 10.5. The molecule has 0 radical (unpaired) electrons. The number of rotatable bonds is 8. The van der Waals surface area contributed by atoms with Gasteiger partial charge >= 0.3 is 15.4 Å². The maximum atomic E-state index is 13.9. The first-order valence-electron chi connectivity index (χ1n) is 11.3. The van der Waals surface area contributed by atoms with E-state index in [1.807, 2.05) is 61.5 Å². The lowest BCUT2D eigenvalue weighted by Gasteiger charge is -2.34. The molecule has 2 unspecified atom stereocenters. The molecule has 1 heterocycles. The van der Waals surface area contributed by atoms with Crippen molar-refractivity contribution >= 4 is 21.0 Å².